The van der Waals surface area contributed by atoms with Gasteiger partial charge in [0, 0.05) is 38.1 Å². The van der Waals surface area contributed by atoms with Crippen molar-refractivity contribution in [1.82, 2.24) is 19.9 Å². The minimum atomic E-state index is -0.528. The highest BCUT2D eigenvalue weighted by Gasteiger charge is 2.29. The highest BCUT2D eigenvalue weighted by atomic mass is 35.5. The lowest BCUT2D eigenvalue weighted by Gasteiger charge is -2.35. The van der Waals surface area contributed by atoms with Crippen LogP contribution in [-0.2, 0) is 0 Å². The molecule has 2 aliphatic heterocycles. The second kappa shape index (κ2) is 12.2. The maximum atomic E-state index is 11.9. The van der Waals surface area contributed by atoms with Gasteiger partial charge in [-0.05, 0) is 37.1 Å². The van der Waals surface area contributed by atoms with E-state index in [9.17, 15) is 13.9 Å². The molecular weight excluding hydrogens is 492 g/mol. The summed E-state index contributed by atoms with van der Waals surface area (Å²) in [6, 6.07) is 4.50. The summed E-state index contributed by atoms with van der Waals surface area (Å²) in [7, 11) is 0. The van der Waals surface area contributed by atoms with E-state index in [1.165, 1.54) is 0 Å². The average molecular weight is 520 g/mol. The molecule has 0 radical (unpaired) electrons. The molecule has 0 amide bonds. The Morgan fingerprint density at radius 3 is 1.94 bits per heavy atom. The molecule has 12 heteroatoms. The molecule has 3 N–H and O–H groups in total. The molecule has 3 aromatic rings. The molecule has 4 heterocycles. The molecule has 0 saturated carbocycles. The fourth-order valence-electron chi connectivity index (χ4n) is 3.97. The van der Waals surface area contributed by atoms with E-state index in [0.29, 0.717) is 35.8 Å². The molecule has 0 spiro atoms. The zero-order valence-electron chi connectivity index (χ0n) is 19.6. The first-order chi connectivity index (χ1) is 17.4. The Bertz CT molecular complexity index is 1070. The van der Waals surface area contributed by atoms with Gasteiger partial charge in [0.05, 0.1) is 42.5 Å². The number of nitrogens with zero attached hydrogens (tertiary/aromatic N) is 6. The molecule has 0 aliphatic carbocycles. The normalized spacial score (nSPS) is 21.6. The summed E-state index contributed by atoms with van der Waals surface area (Å²) in [6.07, 6.45) is 7.68. The predicted octanol–water partition coefficient (Wildman–Crippen LogP) is 2.69. The lowest BCUT2D eigenvalue weighted by atomic mass is 9.95. The summed E-state index contributed by atoms with van der Waals surface area (Å²) < 4.78 is 29.7. The number of piperidine rings is 1. The molecule has 9 nitrogen and oxygen atoms in total. The molecular formula is C24H28ClF2N7O2. The average Bonchev–Trinajstić information content (AvgIpc) is 3.32. The van der Waals surface area contributed by atoms with Crippen molar-refractivity contribution in [3.63, 3.8) is 0 Å². The number of β-amino-alcohol motifs (C(OH)–C–C–N with tert-alkyl or cyclic N) is 1. The van der Waals surface area contributed by atoms with Crippen LogP contribution in [0, 0.1) is 17.6 Å². The van der Waals surface area contributed by atoms with E-state index in [4.69, 9.17) is 22.1 Å². The summed E-state index contributed by atoms with van der Waals surface area (Å²) in [5, 5.41) is 11.0. The summed E-state index contributed by atoms with van der Waals surface area (Å²) in [4.78, 5) is 21.2. The maximum absolute atomic E-state index is 11.9. The molecule has 2 saturated heterocycles. The Morgan fingerprint density at radius 2 is 1.42 bits per heavy atom. The van der Waals surface area contributed by atoms with Gasteiger partial charge in [-0.3, -0.25) is 0 Å². The van der Waals surface area contributed by atoms with Gasteiger partial charge in [-0.1, -0.05) is 11.6 Å². The van der Waals surface area contributed by atoms with Crippen molar-refractivity contribution in [1.29, 1.82) is 0 Å². The van der Waals surface area contributed by atoms with Crippen LogP contribution in [0.3, 0.4) is 0 Å². The summed E-state index contributed by atoms with van der Waals surface area (Å²) in [6.45, 7) is 3.28. The molecule has 2 fully saturated rings. The number of aromatic nitrogens is 4. The lowest BCUT2D eigenvalue weighted by Crippen LogP contribution is -2.46. The number of aliphatic hydroxyl groups is 1. The zero-order chi connectivity index (χ0) is 25.5. The number of hydrogen-bond donors (Lipinski definition) is 2. The second-order valence-corrected chi connectivity index (χ2v) is 9.16. The summed E-state index contributed by atoms with van der Waals surface area (Å²) in [5.41, 5.74) is 5.93. The number of benzene rings is 1. The van der Waals surface area contributed by atoms with Crippen LogP contribution in [0.1, 0.15) is 12.8 Å². The van der Waals surface area contributed by atoms with Gasteiger partial charge in [0.15, 0.2) is 5.75 Å². The van der Waals surface area contributed by atoms with Crippen molar-refractivity contribution in [2.75, 3.05) is 42.6 Å². The van der Waals surface area contributed by atoms with E-state index in [0.717, 1.165) is 56.7 Å². The molecule has 3 atom stereocenters. The van der Waals surface area contributed by atoms with E-state index in [2.05, 4.69) is 24.8 Å². The SMILES string of the molecule is Fc1ccc(F)cc1.NC1CCN(c2ncc(OCC3CCN(c4ncc(Cl)cn4)CC3O)cn2)C1. The van der Waals surface area contributed by atoms with Gasteiger partial charge >= 0.3 is 0 Å². The molecule has 36 heavy (non-hydrogen) atoms. The molecule has 2 aliphatic rings. The standard InChI is InChI=1S/C18H24ClN7O2.C6H4F2/c19-13-5-21-17(22-6-13)26-3-1-12(16(27)10-26)11-28-15-7-23-18(24-8-15)25-4-2-14(20)9-25;7-5-1-2-6(8)4-3-5/h5-8,12,14,16,27H,1-4,9-11,20H2;1-4H. The Hall–Kier alpha value is -3.15. The summed E-state index contributed by atoms with van der Waals surface area (Å²) in [5.74, 6) is 1.06. The maximum Gasteiger partial charge on any atom is 0.225 e. The third-order valence-electron chi connectivity index (χ3n) is 6.00. The first kappa shape index (κ1) is 25.9. The van der Waals surface area contributed by atoms with E-state index >= 15 is 0 Å². The van der Waals surface area contributed by atoms with Crippen LogP contribution in [0.4, 0.5) is 20.7 Å². The van der Waals surface area contributed by atoms with Crippen molar-refractivity contribution in [3.05, 3.63) is 65.7 Å². The van der Waals surface area contributed by atoms with Gasteiger partial charge in [0.25, 0.3) is 0 Å². The second-order valence-electron chi connectivity index (χ2n) is 8.72. The minimum absolute atomic E-state index is 0.0276. The minimum Gasteiger partial charge on any atom is -0.490 e. The largest absolute Gasteiger partial charge is 0.490 e. The first-order valence-corrected chi connectivity index (χ1v) is 12.0. The van der Waals surface area contributed by atoms with Gasteiger partial charge in [0.1, 0.15) is 11.6 Å². The fraction of sp³-hybridized carbons (Fsp3) is 0.417. The van der Waals surface area contributed by atoms with E-state index in [-0.39, 0.29) is 12.0 Å². The first-order valence-electron chi connectivity index (χ1n) is 11.6. The van der Waals surface area contributed by atoms with E-state index < -0.39 is 17.7 Å². The smallest absolute Gasteiger partial charge is 0.225 e. The van der Waals surface area contributed by atoms with Crippen LogP contribution >= 0.6 is 11.6 Å². The fourth-order valence-corrected chi connectivity index (χ4v) is 4.07. The molecule has 192 valence electrons. The summed E-state index contributed by atoms with van der Waals surface area (Å²) >= 11 is 5.83. The molecule has 2 aromatic heterocycles. The van der Waals surface area contributed by atoms with Gasteiger partial charge < -0.3 is 25.4 Å². The Kier molecular flexibility index (Phi) is 8.79. The lowest BCUT2D eigenvalue weighted by molar-refractivity contribution is 0.0611. The predicted molar refractivity (Wildman–Crippen MR) is 132 cm³/mol. The number of ether oxygens (including phenoxy) is 1. The Morgan fingerprint density at radius 1 is 0.889 bits per heavy atom. The third kappa shape index (κ3) is 7.19. The van der Waals surface area contributed by atoms with E-state index in [1.807, 2.05) is 4.90 Å². The van der Waals surface area contributed by atoms with Crippen LogP contribution in [-0.4, -0.2) is 70.0 Å². The Labute approximate surface area is 212 Å². The number of aliphatic hydroxyl groups excluding tert-OH is 1. The van der Waals surface area contributed by atoms with Crippen LogP contribution < -0.4 is 20.3 Å². The van der Waals surface area contributed by atoms with Crippen molar-refractivity contribution < 1.29 is 18.6 Å². The third-order valence-corrected chi connectivity index (χ3v) is 6.20. The van der Waals surface area contributed by atoms with Gasteiger partial charge in [-0.15, -0.1) is 0 Å². The van der Waals surface area contributed by atoms with Gasteiger partial charge in [-0.2, -0.15) is 0 Å². The van der Waals surface area contributed by atoms with Crippen molar-refractivity contribution in [2.45, 2.75) is 25.0 Å². The van der Waals surface area contributed by atoms with Crippen LogP contribution in [0.15, 0.2) is 49.1 Å². The van der Waals surface area contributed by atoms with Crippen molar-refractivity contribution in [3.8, 4) is 5.75 Å². The monoisotopic (exact) mass is 519 g/mol. The number of anilines is 2. The number of rotatable bonds is 5. The molecule has 3 unspecified atom stereocenters. The topological polar surface area (TPSA) is 114 Å². The quantitative estimate of drug-likeness (QED) is 0.525. The highest BCUT2D eigenvalue weighted by molar-refractivity contribution is 6.30. The number of hydrogen-bond acceptors (Lipinski definition) is 9. The van der Waals surface area contributed by atoms with Crippen LogP contribution in [0.5, 0.6) is 5.75 Å². The van der Waals surface area contributed by atoms with Crippen molar-refractivity contribution in [2.24, 2.45) is 11.7 Å². The van der Waals surface area contributed by atoms with Crippen LogP contribution in [0.25, 0.3) is 0 Å². The number of halogens is 3. The highest BCUT2D eigenvalue weighted by Crippen LogP contribution is 2.23. The van der Waals surface area contributed by atoms with Gasteiger partial charge in [-0.25, -0.2) is 28.7 Å². The number of nitrogens with two attached hydrogens (primary N) is 1. The molecule has 1 aromatic carbocycles. The molecule has 0 bridgehead atoms. The zero-order valence-corrected chi connectivity index (χ0v) is 20.3. The van der Waals surface area contributed by atoms with Gasteiger partial charge in [0.2, 0.25) is 11.9 Å². The van der Waals surface area contributed by atoms with Crippen LogP contribution in [0.2, 0.25) is 5.02 Å². The van der Waals surface area contributed by atoms with E-state index in [1.54, 1.807) is 24.8 Å². The van der Waals surface area contributed by atoms with Crippen molar-refractivity contribution >= 4 is 23.5 Å². The Balaban J connectivity index is 0.000000325. The molecule has 5 rings (SSSR count).